The summed E-state index contributed by atoms with van der Waals surface area (Å²) in [7, 11) is 0. The number of aromatic nitrogens is 2. The summed E-state index contributed by atoms with van der Waals surface area (Å²) in [6.45, 7) is 0.450. The molecule has 2 aromatic rings. The smallest absolute Gasteiger partial charge is 0.271 e. The number of halogens is 1. The van der Waals surface area contributed by atoms with Crippen LogP contribution in [-0.2, 0) is 6.42 Å². The summed E-state index contributed by atoms with van der Waals surface area (Å²) in [6.07, 6.45) is 0.538. The number of nitrogens with zero attached hydrogens (tertiary/aromatic N) is 2. The summed E-state index contributed by atoms with van der Waals surface area (Å²) in [5, 5.41) is 5.31. The zero-order valence-corrected chi connectivity index (χ0v) is 8.05. The van der Waals surface area contributed by atoms with Crippen LogP contribution in [0, 0.1) is 5.82 Å². The molecule has 0 bridgehead atoms. The highest BCUT2D eigenvalue weighted by atomic mass is 32.1. The molecule has 0 unspecified atom stereocenters. The molecule has 0 saturated heterocycles. The van der Waals surface area contributed by atoms with E-state index in [1.807, 2.05) is 0 Å². The molecule has 0 saturated carbocycles. The highest BCUT2D eigenvalue weighted by molar-refractivity contribution is 7.13. The summed E-state index contributed by atoms with van der Waals surface area (Å²) in [4.78, 5) is 4.39. The molecule has 6 heteroatoms. The highest BCUT2D eigenvalue weighted by Crippen LogP contribution is 2.26. The fourth-order valence-corrected chi connectivity index (χ4v) is 1.71. The Hall–Kier alpha value is -1.27. The monoisotopic (exact) mass is 213 g/mol. The second-order valence-corrected chi connectivity index (χ2v) is 3.57. The summed E-state index contributed by atoms with van der Waals surface area (Å²) in [6, 6.07) is 1.37. The Kier molecular flexibility index (Phi) is 2.55. The molecule has 0 spiro atoms. The molecular weight excluding hydrogens is 205 g/mol. The van der Waals surface area contributed by atoms with Gasteiger partial charge < -0.3 is 10.3 Å². The van der Waals surface area contributed by atoms with Gasteiger partial charge in [0, 0.05) is 6.42 Å². The highest BCUT2D eigenvalue weighted by Gasteiger charge is 2.13. The zero-order chi connectivity index (χ0) is 9.97. The lowest BCUT2D eigenvalue weighted by molar-refractivity contribution is 0.421. The van der Waals surface area contributed by atoms with E-state index in [2.05, 4.69) is 10.1 Å². The maximum atomic E-state index is 13.1. The van der Waals surface area contributed by atoms with Gasteiger partial charge in [-0.3, -0.25) is 0 Å². The SMILES string of the molecule is NCCc1noc(-c2sccc2F)n1. The van der Waals surface area contributed by atoms with E-state index >= 15 is 0 Å². The van der Waals surface area contributed by atoms with Crippen molar-refractivity contribution in [3.63, 3.8) is 0 Å². The van der Waals surface area contributed by atoms with Gasteiger partial charge in [-0.05, 0) is 18.0 Å². The minimum atomic E-state index is -0.335. The second-order valence-electron chi connectivity index (χ2n) is 2.65. The van der Waals surface area contributed by atoms with Crippen molar-refractivity contribution in [3.05, 3.63) is 23.1 Å². The molecule has 0 amide bonds. The molecule has 2 aromatic heterocycles. The molecule has 0 atom stereocenters. The van der Waals surface area contributed by atoms with Crippen LogP contribution < -0.4 is 5.73 Å². The molecule has 0 fully saturated rings. The van der Waals surface area contributed by atoms with Crippen molar-refractivity contribution >= 4 is 11.3 Å². The first kappa shape index (κ1) is 9.29. The van der Waals surface area contributed by atoms with Gasteiger partial charge in [-0.25, -0.2) is 4.39 Å². The number of rotatable bonds is 3. The Bertz CT molecular complexity index is 426. The van der Waals surface area contributed by atoms with Gasteiger partial charge >= 0.3 is 0 Å². The van der Waals surface area contributed by atoms with E-state index in [4.69, 9.17) is 10.3 Å². The van der Waals surface area contributed by atoms with Crippen molar-refractivity contribution in [2.24, 2.45) is 5.73 Å². The molecule has 0 radical (unpaired) electrons. The Balaban J connectivity index is 2.29. The molecule has 2 heterocycles. The third-order valence-electron chi connectivity index (χ3n) is 1.65. The van der Waals surface area contributed by atoms with E-state index in [-0.39, 0.29) is 11.7 Å². The van der Waals surface area contributed by atoms with Crippen LogP contribution in [0.4, 0.5) is 4.39 Å². The van der Waals surface area contributed by atoms with Gasteiger partial charge in [0.05, 0.1) is 0 Å². The Morgan fingerprint density at radius 3 is 3.07 bits per heavy atom. The van der Waals surface area contributed by atoms with E-state index in [1.54, 1.807) is 5.38 Å². The molecule has 0 aliphatic rings. The van der Waals surface area contributed by atoms with Crippen molar-refractivity contribution < 1.29 is 8.91 Å². The van der Waals surface area contributed by atoms with Gasteiger partial charge in [0.15, 0.2) is 5.82 Å². The lowest BCUT2D eigenvalue weighted by atomic mass is 10.4. The van der Waals surface area contributed by atoms with Crippen molar-refractivity contribution in [1.82, 2.24) is 10.1 Å². The summed E-state index contributed by atoms with van der Waals surface area (Å²) >= 11 is 1.23. The molecule has 14 heavy (non-hydrogen) atoms. The quantitative estimate of drug-likeness (QED) is 0.837. The molecule has 0 aromatic carbocycles. The van der Waals surface area contributed by atoms with Crippen LogP contribution in [0.5, 0.6) is 0 Å². The maximum absolute atomic E-state index is 13.1. The normalized spacial score (nSPS) is 10.7. The first-order valence-corrected chi connectivity index (χ1v) is 4.95. The number of hydrogen-bond donors (Lipinski definition) is 1. The van der Waals surface area contributed by atoms with Gasteiger partial charge in [0.1, 0.15) is 10.7 Å². The third kappa shape index (κ3) is 1.66. The van der Waals surface area contributed by atoms with E-state index in [9.17, 15) is 4.39 Å². The molecular formula is C8H8FN3OS. The Morgan fingerprint density at radius 2 is 2.43 bits per heavy atom. The average molecular weight is 213 g/mol. The second kappa shape index (κ2) is 3.85. The number of thiophene rings is 1. The van der Waals surface area contributed by atoms with Crippen LogP contribution >= 0.6 is 11.3 Å². The summed E-state index contributed by atoms with van der Waals surface area (Å²) in [5.41, 5.74) is 5.33. The Morgan fingerprint density at radius 1 is 1.57 bits per heavy atom. The lowest BCUT2D eigenvalue weighted by Gasteiger charge is -1.86. The van der Waals surface area contributed by atoms with Crippen molar-refractivity contribution in [1.29, 1.82) is 0 Å². The Labute approximate surface area is 83.5 Å². The standard InChI is InChI=1S/C8H8FN3OS/c9-5-2-4-14-7(5)8-11-6(1-3-10)12-13-8/h2,4H,1,3,10H2. The van der Waals surface area contributed by atoms with Crippen LogP contribution in [0.1, 0.15) is 5.82 Å². The predicted octanol–water partition coefficient (Wildman–Crippen LogP) is 1.44. The van der Waals surface area contributed by atoms with Gasteiger partial charge in [-0.15, -0.1) is 11.3 Å². The van der Waals surface area contributed by atoms with E-state index < -0.39 is 0 Å². The largest absolute Gasteiger partial charge is 0.333 e. The number of hydrogen-bond acceptors (Lipinski definition) is 5. The van der Waals surface area contributed by atoms with Gasteiger partial charge in [0.25, 0.3) is 5.89 Å². The fraction of sp³-hybridized carbons (Fsp3) is 0.250. The summed E-state index contributed by atoms with van der Waals surface area (Å²) in [5.74, 6) is 0.397. The number of nitrogens with two attached hydrogens (primary N) is 1. The summed E-state index contributed by atoms with van der Waals surface area (Å²) < 4.78 is 18.0. The maximum Gasteiger partial charge on any atom is 0.271 e. The zero-order valence-electron chi connectivity index (χ0n) is 7.24. The molecule has 4 nitrogen and oxygen atoms in total. The van der Waals surface area contributed by atoms with Crippen LogP contribution in [0.25, 0.3) is 10.8 Å². The fourth-order valence-electron chi connectivity index (χ4n) is 1.02. The van der Waals surface area contributed by atoms with Crippen molar-refractivity contribution in [3.8, 4) is 10.8 Å². The van der Waals surface area contributed by atoms with Gasteiger partial charge in [0.2, 0.25) is 0 Å². The first-order chi connectivity index (χ1) is 6.81. The first-order valence-electron chi connectivity index (χ1n) is 4.07. The average Bonchev–Trinajstić information content (AvgIpc) is 2.74. The van der Waals surface area contributed by atoms with Gasteiger partial charge in [-0.1, -0.05) is 5.16 Å². The van der Waals surface area contributed by atoms with Crippen molar-refractivity contribution in [2.45, 2.75) is 6.42 Å². The lowest BCUT2D eigenvalue weighted by Crippen LogP contribution is -2.03. The molecule has 0 aliphatic carbocycles. The van der Waals surface area contributed by atoms with E-state index in [1.165, 1.54) is 17.4 Å². The van der Waals surface area contributed by atoms with E-state index in [0.29, 0.717) is 23.7 Å². The van der Waals surface area contributed by atoms with Crippen LogP contribution in [0.15, 0.2) is 16.0 Å². The van der Waals surface area contributed by atoms with Crippen LogP contribution in [0.3, 0.4) is 0 Å². The predicted molar refractivity (Wildman–Crippen MR) is 50.3 cm³/mol. The van der Waals surface area contributed by atoms with Crippen LogP contribution in [0.2, 0.25) is 0 Å². The third-order valence-corrected chi connectivity index (χ3v) is 2.52. The molecule has 74 valence electrons. The molecule has 2 N–H and O–H groups in total. The van der Waals surface area contributed by atoms with Gasteiger partial charge in [-0.2, -0.15) is 4.98 Å². The van der Waals surface area contributed by atoms with Crippen molar-refractivity contribution in [2.75, 3.05) is 6.54 Å². The topological polar surface area (TPSA) is 64.9 Å². The minimum absolute atomic E-state index is 0.223. The van der Waals surface area contributed by atoms with E-state index in [0.717, 1.165) is 0 Å². The van der Waals surface area contributed by atoms with Crippen LogP contribution in [-0.4, -0.2) is 16.7 Å². The molecule has 2 rings (SSSR count). The minimum Gasteiger partial charge on any atom is -0.333 e. The molecule has 0 aliphatic heterocycles.